The third-order valence-corrected chi connectivity index (χ3v) is 4.77. The van der Waals surface area contributed by atoms with Gasteiger partial charge in [-0.1, -0.05) is 36.4 Å². The Labute approximate surface area is 145 Å². The average Bonchev–Trinajstić information content (AvgIpc) is 2.61. The lowest BCUT2D eigenvalue weighted by Gasteiger charge is -2.11. The topological polar surface area (TPSA) is 116 Å². The minimum atomic E-state index is -3.81. The van der Waals surface area contributed by atoms with E-state index >= 15 is 0 Å². The number of esters is 1. The lowest BCUT2D eigenvalue weighted by atomic mass is 10.2. The Morgan fingerprint density at radius 2 is 1.80 bits per heavy atom. The fourth-order valence-electron chi connectivity index (χ4n) is 1.93. The molecule has 0 aromatic heterocycles. The van der Waals surface area contributed by atoms with Crippen LogP contribution in [-0.4, -0.2) is 26.4 Å². The first kappa shape index (κ1) is 18.6. The van der Waals surface area contributed by atoms with E-state index in [0.717, 1.165) is 5.56 Å². The fraction of sp³-hybridized carbons (Fsp3) is 0.176. The number of nitrogens with one attached hydrogen (secondary N) is 1. The van der Waals surface area contributed by atoms with E-state index in [0.29, 0.717) is 0 Å². The number of benzene rings is 2. The number of hydrogen-bond donors (Lipinski definition) is 2. The van der Waals surface area contributed by atoms with Crippen LogP contribution in [-0.2, 0) is 26.1 Å². The number of carbonyl (C=O) groups is 2. The Morgan fingerprint density at radius 1 is 1.12 bits per heavy atom. The van der Waals surface area contributed by atoms with E-state index in [4.69, 9.17) is 10.5 Å². The molecule has 0 heterocycles. The Morgan fingerprint density at radius 3 is 2.44 bits per heavy atom. The molecular formula is C17H18N2O5S. The molecule has 0 aliphatic rings. The summed E-state index contributed by atoms with van der Waals surface area (Å²) in [4.78, 5) is 22.8. The van der Waals surface area contributed by atoms with Gasteiger partial charge in [0, 0.05) is 6.54 Å². The Hall–Kier alpha value is -2.71. The highest BCUT2D eigenvalue weighted by atomic mass is 32.2. The lowest BCUT2D eigenvalue weighted by Crippen LogP contribution is -2.30. The van der Waals surface area contributed by atoms with Gasteiger partial charge in [-0.05, 0) is 30.7 Å². The summed E-state index contributed by atoms with van der Waals surface area (Å²) in [5, 5.41) is 0. The van der Waals surface area contributed by atoms with Crippen molar-refractivity contribution in [2.45, 2.75) is 24.5 Å². The number of hydrogen-bond acceptors (Lipinski definition) is 5. The second-order valence-corrected chi connectivity index (χ2v) is 7.05. The van der Waals surface area contributed by atoms with Crippen molar-refractivity contribution in [2.24, 2.45) is 5.73 Å². The minimum absolute atomic E-state index is 0.00989. The molecule has 132 valence electrons. The highest BCUT2D eigenvalue weighted by Crippen LogP contribution is 2.14. The Balaban J connectivity index is 2.13. The van der Waals surface area contributed by atoms with Gasteiger partial charge < -0.3 is 10.5 Å². The lowest BCUT2D eigenvalue weighted by molar-refractivity contribution is -0.125. The van der Waals surface area contributed by atoms with E-state index in [2.05, 4.69) is 4.72 Å². The van der Waals surface area contributed by atoms with Crippen LogP contribution >= 0.6 is 0 Å². The molecule has 0 spiro atoms. The predicted octanol–water partition coefficient (Wildman–Crippen LogP) is 1.20. The molecule has 0 aliphatic heterocycles. The summed E-state index contributed by atoms with van der Waals surface area (Å²) in [7, 11) is -3.81. The number of ether oxygens (including phenoxy) is 1. The number of primary amides is 1. The van der Waals surface area contributed by atoms with Crippen molar-refractivity contribution in [3.8, 4) is 0 Å². The maximum absolute atomic E-state index is 12.4. The second-order valence-electron chi connectivity index (χ2n) is 5.29. The summed E-state index contributed by atoms with van der Waals surface area (Å²) in [5.41, 5.74) is 5.85. The SMILES string of the molecule is C[C@H](OC(=O)c1cccc(S(=O)(=O)NCc2ccccc2)c1)C(N)=O. The van der Waals surface area contributed by atoms with Gasteiger partial charge in [-0.15, -0.1) is 0 Å². The number of amides is 1. The predicted molar refractivity (Wildman–Crippen MR) is 91.0 cm³/mol. The molecule has 8 heteroatoms. The molecule has 7 nitrogen and oxygen atoms in total. The van der Waals surface area contributed by atoms with E-state index < -0.39 is 28.0 Å². The molecule has 0 radical (unpaired) electrons. The molecule has 0 bridgehead atoms. The largest absolute Gasteiger partial charge is 0.449 e. The summed E-state index contributed by atoms with van der Waals surface area (Å²) >= 11 is 0. The molecule has 3 N–H and O–H groups in total. The maximum Gasteiger partial charge on any atom is 0.338 e. The van der Waals surface area contributed by atoms with E-state index in [1.165, 1.54) is 31.2 Å². The van der Waals surface area contributed by atoms with E-state index in [1.807, 2.05) is 6.07 Å². The van der Waals surface area contributed by atoms with Gasteiger partial charge in [0.2, 0.25) is 10.0 Å². The molecule has 0 aliphatic carbocycles. The van der Waals surface area contributed by atoms with Crippen LogP contribution in [0.15, 0.2) is 59.5 Å². The van der Waals surface area contributed by atoms with Crippen molar-refractivity contribution >= 4 is 21.9 Å². The molecule has 0 saturated carbocycles. The van der Waals surface area contributed by atoms with Crippen LogP contribution in [0.2, 0.25) is 0 Å². The zero-order valence-electron chi connectivity index (χ0n) is 13.5. The number of carbonyl (C=O) groups excluding carboxylic acids is 2. The van der Waals surface area contributed by atoms with Crippen LogP contribution < -0.4 is 10.5 Å². The molecule has 0 unspecified atom stereocenters. The van der Waals surface area contributed by atoms with Crippen LogP contribution in [0.25, 0.3) is 0 Å². The monoisotopic (exact) mass is 362 g/mol. The molecule has 25 heavy (non-hydrogen) atoms. The van der Waals surface area contributed by atoms with Gasteiger partial charge in [0.15, 0.2) is 6.10 Å². The zero-order chi connectivity index (χ0) is 18.4. The molecule has 0 saturated heterocycles. The standard InChI is InChI=1S/C17H18N2O5S/c1-12(16(18)20)24-17(21)14-8-5-9-15(10-14)25(22,23)19-11-13-6-3-2-4-7-13/h2-10,12,19H,11H2,1H3,(H2,18,20)/t12-/m0/s1. The first-order valence-corrected chi connectivity index (χ1v) is 8.92. The van der Waals surface area contributed by atoms with Gasteiger partial charge in [-0.2, -0.15) is 0 Å². The van der Waals surface area contributed by atoms with E-state index in [1.54, 1.807) is 24.3 Å². The molecule has 0 fully saturated rings. The van der Waals surface area contributed by atoms with Crippen LogP contribution in [0.3, 0.4) is 0 Å². The van der Waals surface area contributed by atoms with Gasteiger partial charge >= 0.3 is 5.97 Å². The van der Waals surface area contributed by atoms with Gasteiger partial charge in [-0.25, -0.2) is 17.9 Å². The van der Waals surface area contributed by atoms with Crippen LogP contribution in [0.5, 0.6) is 0 Å². The average molecular weight is 362 g/mol. The third kappa shape index (κ3) is 5.13. The van der Waals surface area contributed by atoms with Gasteiger partial charge in [0.05, 0.1) is 10.5 Å². The highest BCUT2D eigenvalue weighted by Gasteiger charge is 2.19. The number of sulfonamides is 1. The van der Waals surface area contributed by atoms with Gasteiger partial charge in [0.25, 0.3) is 5.91 Å². The Bertz CT molecular complexity index is 866. The Kier molecular flexibility index (Phi) is 5.89. The summed E-state index contributed by atoms with van der Waals surface area (Å²) in [6, 6.07) is 14.4. The van der Waals surface area contributed by atoms with Gasteiger partial charge in [0.1, 0.15) is 0 Å². The van der Waals surface area contributed by atoms with Crippen molar-refractivity contribution in [3.05, 3.63) is 65.7 Å². The van der Waals surface area contributed by atoms with Crippen molar-refractivity contribution in [3.63, 3.8) is 0 Å². The first-order chi connectivity index (χ1) is 11.8. The summed E-state index contributed by atoms with van der Waals surface area (Å²) in [5.74, 6) is -1.62. The van der Waals surface area contributed by atoms with Crippen molar-refractivity contribution in [1.82, 2.24) is 4.72 Å². The molecule has 2 aromatic carbocycles. The third-order valence-electron chi connectivity index (χ3n) is 3.37. The van der Waals surface area contributed by atoms with Crippen molar-refractivity contribution in [1.29, 1.82) is 0 Å². The number of rotatable bonds is 7. The summed E-state index contributed by atoms with van der Waals surface area (Å²) < 4.78 is 32.1. The summed E-state index contributed by atoms with van der Waals surface area (Å²) in [6.45, 7) is 1.46. The van der Waals surface area contributed by atoms with E-state index in [9.17, 15) is 18.0 Å². The molecule has 2 rings (SSSR count). The molecule has 1 amide bonds. The van der Waals surface area contributed by atoms with Crippen LogP contribution in [0.1, 0.15) is 22.8 Å². The fourth-order valence-corrected chi connectivity index (χ4v) is 3.00. The summed E-state index contributed by atoms with van der Waals surface area (Å²) in [6.07, 6.45) is -1.11. The van der Waals surface area contributed by atoms with E-state index in [-0.39, 0.29) is 17.0 Å². The zero-order valence-corrected chi connectivity index (χ0v) is 14.3. The van der Waals surface area contributed by atoms with Crippen LogP contribution in [0, 0.1) is 0 Å². The van der Waals surface area contributed by atoms with Crippen molar-refractivity contribution in [2.75, 3.05) is 0 Å². The normalized spacial score (nSPS) is 12.4. The first-order valence-electron chi connectivity index (χ1n) is 7.43. The van der Waals surface area contributed by atoms with Crippen LogP contribution in [0.4, 0.5) is 0 Å². The smallest absolute Gasteiger partial charge is 0.338 e. The number of nitrogens with two attached hydrogens (primary N) is 1. The molecule has 2 aromatic rings. The molecular weight excluding hydrogens is 344 g/mol. The minimum Gasteiger partial charge on any atom is -0.449 e. The highest BCUT2D eigenvalue weighted by molar-refractivity contribution is 7.89. The quantitative estimate of drug-likeness (QED) is 0.718. The maximum atomic E-state index is 12.4. The van der Waals surface area contributed by atoms with Crippen molar-refractivity contribution < 1.29 is 22.7 Å². The molecule has 1 atom stereocenters. The second kappa shape index (κ2) is 7.91. The van der Waals surface area contributed by atoms with Gasteiger partial charge in [-0.3, -0.25) is 4.79 Å².